The minimum Gasteiger partial charge on any atom is -0.493 e. The summed E-state index contributed by atoms with van der Waals surface area (Å²) in [5.74, 6) is 1.52. The number of hydrogen-bond donors (Lipinski definition) is 1. The van der Waals surface area contributed by atoms with Crippen molar-refractivity contribution in [1.29, 1.82) is 0 Å². The molecule has 0 aliphatic heterocycles. The number of nitrogens with zero attached hydrogens (tertiary/aromatic N) is 1. The summed E-state index contributed by atoms with van der Waals surface area (Å²) in [4.78, 5) is 3.00. The molecule has 0 atom stereocenters. The molecule has 1 aliphatic carbocycles. The second-order valence-corrected chi connectivity index (χ2v) is 6.62. The molecule has 4 heteroatoms. The summed E-state index contributed by atoms with van der Waals surface area (Å²) in [6.45, 7) is 7.57. The predicted molar refractivity (Wildman–Crippen MR) is 91.9 cm³/mol. The Morgan fingerprint density at radius 1 is 1.38 bits per heavy atom. The van der Waals surface area contributed by atoms with E-state index in [9.17, 15) is 0 Å². The van der Waals surface area contributed by atoms with Crippen molar-refractivity contribution >= 4 is 17.2 Å². The van der Waals surface area contributed by atoms with E-state index in [-0.39, 0.29) is 0 Å². The van der Waals surface area contributed by atoms with Crippen LogP contribution in [0.3, 0.4) is 0 Å². The van der Waals surface area contributed by atoms with Crippen LogP contribution in [0.25, 0.3) is 0 Å². The van der Waals surface area contributed by atoms with Gasteiger partial charge in [-0.15, -0.1) is 0 Å². The van der Waals surface area contributed by atoms with Crippen molar-refractivity contribution in [3.63, 3.8) is 0 Å². The molecule has 21 heavy (non-hydrogen) atoms. The van der Waals surface area contributed by atoms with E-state index in [2.05, 4.69) is 18.7 Å². The fraction of sp³-hybridized carbons (Fsp3) is 0.588. The highest BCUT2D eigenvalue weighted by Crippen LogP contribution is 2.27. The Kier molecular flexibility index (Phi) is 6.00. The topological polar surface area (TPSA) is 38.5 Å². The minimum atomic E-state index is 0.394. The van der Waals surface area contributed by atoms with Crippen molar-refractivity contribution < 1.29 is 4.74 Å². The first-order valence-electron chi connectivity index (χ1n) is 7.83. The number of hydrogen-bond acceptors (Lipinski definition) is 3. The van der Waals surface area contributed by atoms with Gasteiger partial charge in [0, 0.05) is 19.1 Å². The summed E-state index contributed by atoms with van der Waals surface area (Å²) in [7, 11) is 0. The molecular formula is C17H26N2OS. The van der Waals surface area contributed by atoms with E-state index in [1.54, 1.807) is 0 Å². The van der Waals surface area contributed by atoms with Crippen molar-refractivity contribution in [2.24, 2.45) is 11.7 Å². The van der Waals surface area contributed by atoms with Crippen LogP contribution in [0.1, 0.15) is 38.7 Å². The highest BCUT2D eigenvalue weighted by Gasteiger charge is 2.28. The van der Waals surface area contributed by atoms with E-state index in [1.807, 2.05) is 24.3 Å². The summed E-state index contributed by atoms with van der Waals surface area (Å²) in [5, 5.41) is 0. The van der Waals surface area contributed by atoms with Crippen molar-refractivity contribution in [2.75, 3.05) is 19.7 Å². The normalized spacial score (nSPS) is 14.7. The second-order valence-electron chi connectivity index (χ2n) is 6.18. The molecule has 2 N–H and O–H groups in total. The fourth-order valence-corrected chi connectivity index (χ4v) is 2.75. The molecule has 0 unspecified atom stereocenters. The first-order chi connectivity index (χ1) is 10.1. The van der Waals surface area contributed by atoms with Gasteiger partial charge in [-0.3, -0.25) is 0 Å². The molecule has 1 aromatic rings. The fourth-order valence-electron chi connectivity index (χ4n) is 2.58. The maximum Gasteiger partial charge on any atom is 0.129 e. The third-order valence-corrected chi connectivity index (χ3v) is 3.88. The molecule has 0 bridgehead atoms. The van der Waals surface area contributed by atoms with Gasteiger partial charge in [-0.25, -0.2) is 0 Å². The van der Waals surface area contributed by atoms with Gasteiger partial charge >= 0.3 is 0 Å². The molecule has 1 fully saturated rings. The lowest BCUT2D eigenvalue weighted by atomic mass is 10.2. The van der Waals surface area contributed by atoms with E-state index in [0.717, 1.165) is 36.2 Å². The van der Waals surface area contributed by atoms with Crippen molar-refractivity contribution in [1.82, 2.24) is 4.90 Å². The lowest BCUT2D eigenvalue weighted by Crippen LogP contribution is -2.31. The van der Waals surface area contributed by atoms with Crippen molar-refractivity contribution in [2.45, 2.75) is 39.2 Å². The Labute approximate surface area is 133 Å². The van der Waals surface area contributed by atoms with E-state index in [0.29, 0.717) is 11.6 Å². The molecule has 1 aromatic carbocycles. The van der Waals surface area contributed by atoms with Crippen LogP contribution in [0, 0.1) is 5.92 Å². The largest absolute Gasteiger partial charge is 0.493 e. The van der Waals surface area contributed by atoms with E-state index >= 15 is 0 Å². The maximum atomic E-state index is 5.86. The molecule has 116 valence electrons. The zero-order valence-electron chi connectivity index (χ0n) is 13.0. The number of rotatable bonds is 9. The Morgan fingerprint density at radius 2 is 2.10 bits per heavy atom. The van der Waals surface area contributed by atoms with Crippen LogP contribution in [0.4, 0.5) is 0 Å². The lowest BCUT2D eigenvalue weighted by Gasteiger charge is -2.24. The van der Waals surface area contributed by atoms with Gasteiger partial charge in [-0.1, -0.05) is 38.2 Å². The van der Waals surface area contributed by atoms with Crippen LogP contribution < -0.4 is 10.5 Å². The first kappa shape index (κ1) is 16.2. The molecule has 2 rings (SSSR count). The average Bonchev–Trinajstić information content (AvgIpc) is 3.26. The van der Waals surface area contributed by atoms with Crippen LogP contribution in [-0.2, 0) is 0 Å². The Hall–Kier alpha value is -1.13. The maximum absolute atomic E-state index is 5.86. The molecular weight excluding hydrogens is 280 g/mol. The van der Waals surface area contributed by atoms with E-state index < -0.39 is 0 Å². The number of nitrogens with two attached hydrogens (primary N) is 1. The molecule has 0 radical (unpaired) electrons. The highest BCUT2D eigenvalue weighted by molar-refractivity contribution is 7.80. The van der Waals surface area contributed by atoms with E-state index in [1.165, 1.54) is 19.4 Å². The van der Waals surface area contributed by atoms with Gasteiger partial charge in [0.05, 0.1) is 12.2 Å². The van der Waals surface area contributed by atoms with Crippen LogP contribution in [0.15, 0.2) is 24.3 Å². The molecule has 0 heterocycles. The summed E-state index contributed by atoms with van der Waals surface area (Å²) in [6, 6.07) is 8.54. The third-order valence-electron chi connectivity index (χ3n) is 3.66. The summed E-state index contributed by atoms with van der Waals surface area (Å²) < 4.78 is 5.86. The van der Waals surface area contributed by atoms with Crippen LogP contribution in [-0.4, -0.2) is 35.6 Å². The zero-order chi connectivity index (χ0) is 15.2. The lowest BCUT2D eigenvalue weighted by molar-refractivity contribution is 0.208. The van der Waals surface area contributed by atoms with Gasteiger partial charge in [0.15, 0.2) is 0 Å². The van der Waals surface area contributed by atoms with Gasteiger partial charge in [0.25, 0.3) is 0 Å². The minimum absolute atomic E-state index is 0.394. The van der Waals surface area contributed by atoms with Gasteiger partial charge in [-0.05, 0) is 37.3 Å². The van der Waals surface area contributed by atoms with Gasteiger partial charge in [0.2, 0.25) is 0 Å². The Balaban J connectivity index is 1.77. The summed E-state index contributed by atoms with van der Waals surface area (Å²) in [5.41, 5.74) is 6.54. The van der Waals surface area contributed by atoms with Crippen LogP contribution >= 0.6 is 12.2 Å². The zero-order valence-corrected chi connectivity index (χ0v) is 13.9. The quantitative estimate of drug-likeness (QED) is 0.561. The molecule has 0 spiro atoms. The number of ether oxygens (including phenoxy) is 1. The molecule has 3 nitrogen and oxygen atoms in total. The molecule has 1 aliphatic rings. The number of para-hydroxylation sites is 1. The monoisotopic (exact) mass is 306 g/mol. The van der Waals surface area contributed by atoms with Gasteiger partial charge < -0.3 is 15.4 Å². The average molecular weight is 306 g/mol. The third kappa shape index (κ3) is 5.29. The molecule has 0 aromatic heterocycles. The van der Waals surface area contributed by atoms with E-state index in [4.69, 9.17) is 22.7 Å². The van der Waals surface area contributed by atoms with Crippen LogP contribution in [0.2, 0.25) is 0 Å². The van der Waals surface area contributed by atoms with Crippen molar-refractivity contribution in [3.05, 3.63) is 29.8 Å². The summed E-state index contributed by atoms with van der Waals surface area (Å²) in [6.07, 6.45) is 3.75. The first-order valence-corrected chi connectivity index (χ1v) is 8.24. The van der Waals surface area contributed by atoms with Crippen molar-refractivity contribution in [3.8, 4) is 5.75 Å². The predicted octanol–water partition coefficient (Wildman–Crippen LogP) is 3.21. The summed E-state index contributed by atoms with van der Waals surface area (Å²) >= 11 is 5.05. The molecule has 0 saturated heterocycles. The molecule has 1 saturated carbocycles. The smallest absolute Gasteiger partial charge is 0.129 e. The van der Waals surface area contributed by atoms with Gasteiger partial charge in [0.1, 0.15) is 10.7 Å². The van der Waals surface area contributed by atoms with Crippen LogP contribution in [0.5, 0.6) is 5.75 Å². The standard InChI is InChI=1S/C17H26N2OS/c1-13(2)12-19(14-8-9-14)10-5-11-20-16-7-4-3-6-15(16)17(18)21/h3-4,6-7,13-14H,5,8-12H2,1-2H3,(H2,18,21). The number of thiocarbonyl (C=S) groups is 1. The molecule has 0 amide bonds. The van der Waals surface area contributed by atoms with Gasteiger partial charge in [-0.2, -0.15) is 0 Å². The Morgan fingerprint density at radius 3 is 2.71 bits per heavy atom. The number of benzene rings is 1. The second kappa shape index (κ2) is 7.76. The SMILES string of the molecule is CC(C)CN(CCCOc1ccccc1C(N)=S)C1CC1. The Bertz CT molecular complexity index is 472. The highest BCUT2D eigenvalue weighted by atomic mass is 32.1.